The molecule has 1 rings (SSSR count). The molecule has 0 aromatic carbocycles. The summed E-state index contributed by atoms with van der Waals surface area (Å²) < 4.78 is 0. The maximum absolute atomic E-state index is 3.25. The van der Waals surface area contributed by atoms with Crippen molar-refractivity contribution in [2.24, 2.45) is 5.92 Å². The van der Waals surface area contributed by atoms with Crippen LogP contribution in [0.3, 0.4) is 0 Å². The lowest BCUT2D eigenvalue weighted by Gasteiger charge is -2.16. The maximum Gasteiger partial charge on any atom is 0.0228 e. The van der Waals surface area contributed by atoms with Gasteiger partial charge in [0.05, 0.1) is 0 Å². The van der Waals surface area contributed by atoms with Crippen molar-refractivity contribution in [2.75, 3.05) is 13.6 Å². The largest absolute Gasteiger partial charge is 0.320 e. The van der Waals surface area contributed by atoms with Crippen LogP contribution in [0.5, 0.6) is 0 Å². The van der Waals surface area contributed by atoms with E-state index in [1.165, 1.54) is 6.42 Å². The highest BCUT2D eigenvalue weighted by molar-refractivity contribution is 4.85. The monoisotopic (exact) mass is 157 g/mol. The Labute approximate surface area is 68.9 Å². The minimum atomic E-state index is 0.610. The second-order valence-electron chi connectivity index (χ2n) is 3.42. The quantitative estimate of drug-likeness (QED) is 0.543. The van der Waals surface area contributed by atoms with Crippen molar-refractivity contribution in [3.8, 4) is 0 Å². The van der Waals surface area contributed by atoms with Crippen LogP contribution in [-0.2, 0) is 0 Å². The van der Waals surface area contributed by atoms with Crippen LogP contribution in [0.15, 0.2) is 0 Å². The summed E-state index contributed by atoms with van der Waals surface area (Å²) in [7, 11) is 2.01. The second-order valence-corrected chi connectivity index (χ2v) is 3.42. The standard InChI is InChI=1S/C8H19N3/c1-6-8(4-5-9-3)7(2)11-10-6/h6-11H,4-5H2,1-3H3. The minimum absolute atomic E-state index is 0.610. The van der Waals surface area contributed by atoms with Gasteiger partial charge in [-0.3, -0.25) is 10.9 Å². The van der Waals surface area contributed by atoms with E-state index in [9.17, 15) is 0 Å². The van der Waals surface area contributed by atoms with Gasteiger partial charge in [-0.1, -0.05) is 0 Å². The van der Waals surface area contributed by atoms with Crippen LogP contribution in [0.2, 0.25) is 0 Å². The first kappa shape index (κ1) is 8.97. The van der Waals surface area contributed by atoms with Crippen molar-refractivity contribution in [1.82, 2.24) is 16.2 Å². The van der Waals surface area contributed by atoms with Gasteiger partial charge in [-0.05, 0) is 39.8 Å². The number of hydrogen-bond acceptors (Lipinski definition) is 3. The van der Waals surface area contributed by atoms with Gasteiger partial charge in [0.25, 0.3) is 0 Å². The molecular weight excluding hydrogens is 138 g/mol. The van der Waals surface area contributed by atoms with E-state index in [4.69, 9.17) is 0 Å². The lowest BCUT2D eigenvalue weighted by molar-refractivity contribution is 0.408. The molecule has 1 heterocycles. The molecule has 3 N–H and O–H groups in total. The van der Waals surface area contributed by atoms with Crippen LogP contribution >= 0.6 is 0 Å². The summed E-state index contributed by atoms with van der Waals surface area (Å²) >= 11 is 0. The molecule has 0 aromatic rings. The summed E-state index contributed by atoms with van der Waals surface area (Å²) in [5, 5.41) is 3.18. The predicted molar refractivity (Wildman–Crippen MR) is 47.2 cm³/mol. The zero-order chi connectivity index (χ0) is 8.27. The van der Waals surface area contributed by atoms with Crippen LogP contribution in [0.4, 0.5) is 0 Å². The molecule has 0 aromatic heterocycles. The fourth-order valence-electron chi connectivity index (χ4n) is 1.72. The molecule has 1 fully saturated rings. The Kier molecular flexibility index (Phi) is 3.30. The highest BCUT2D eigenvalue weighted by Crippen LogP contribution is 2.17. The van der Waals surface area contributed by atoms with Gasteiger partial charge in [-0.15, -0.1) is 0 Å². The highest BCUT2D eigenvalue weighted by atomic mass is 15.4. The first-order valence-electron chi connectivity index (χ1n) is 4.41. The lowest BCUT2D eigenvalue weighted by Crippen LogP contribution is -2.30. The Morgan fingerprint density at radius 1 is 1.18 bits per heavy atom. The third-order valence-corrected chi connectivity index (χ3v) is 2.55. The van der Waals surface area contributed by atoms with Crippen molar-refractivity contribution in [3.63, 3.8) is 0 Å². The van der Waals surface area contributed by atoms with E-state index < -0.39 is 0 Å². The second kappa shape index (κ2) is 4.04. The number of nitrogens with one attached hydrogen (secondary N) is 3. The molecule has 2 atom stereocenters. The van der Waals surface area contributed by atoms with E-state index >= 15 is 0 Å². The summed E-state index contributed by atoms with van der Waals surface area (Å²) in [5.41, 5.74) is 6.50. The molecule has 1 aliphatic rings. The SMILES string of the molecule is CNCCC1C(C)NNC1C. The van der Waals surface area contributed by atoms with Gasteiger partial charge >= 0.3 is 0 Å². The fourth-order valence-corrected chi connectivity index (χ4v) is 1.72. The third kappa shape index (κ3) is 2.15. The number of hydrazine groups is 1. The van der Waals surface area contributed by atoms with Crippen molar-refractivity contribution in [2.45, 2.75) is 32.4 Å². The predicted octanol–water partition coefficient (Wildman–Crippen LogP) is 0.0969. The lowest BCUT2D eigenvalue weighted by atomic mass is 9.93. The van der Waals surface area contributed by atoms with Gasteiger partial charge in [-0.25, -0.2) is 0 Å². The molecule has 11 heavy (non-hydrogen) atoms. The minimum Gasteiger partial charge on any atom is -0.320 e. The van der Waals surface area contributed by atoms with Gasteiger partial charge in [0.2, 0.25) is 0 Å². The molecular formula is C8H19N3. The number of hydrogen-bond donors (Lipinski definition) is 3. The van der Waals surface area contributed by atoms with Crippen LogP contribution in [0.1, 0.15) is 20.3 Å². The maximum atomic E-state index is 3.25. The molecule has 2 unspecified atom stereocenters. The highest BCUT2D eigenvalue weighted by Gasteiger charge is 2.28. The zero-order valence-electron chi connectivity index (χ0n) is 7.65. The van der Waals surface area contributed by atoms with Crippen molar-refractivity contribution < 1.29 is 0 Å². The van der Waals surface area contributed by atoms with Crippen molar-refractivity contribution >= 4 is 0 Å². The fraction of sp³-hybridized carbons (Fsp3) is 1.00. The molecule has 0 saturated carbocycles. The molecule has 0 bridgehead atoms. The van der Waals surface area contributed by atoms with E-state index in [2.05, 4.69) is 30.0 Å². The average Bonchev–Trinajstić information content (AvgIpc) is 2.29. The van der Waals surface area contributed by atoms with Gasteiger partial charge < -0.3 is 5.32 Å². The summed E-state index contributed by atoms with van der Waals surface area (Å²) in [6.45, 7) is 5.58. The molecule has 0 amide bonds. The smallest absolute Gasteiger partial charge is 0.0228 e. The van der Waals surface area contributed by atoms with Crippen LogP contribution < -0.4 is 16.2 Å². The average molecular weight is 157 g/mol. The molecule has 0 radical (unpaired) electrons. The first-order chi connectivity index (χ1) is 5.25. The van der Waals surface area contributed by atoms with Gasteiger partial charge in [-0.2, -0.15) is 0 Å². The van der Waals surface area contributed by atoms with Crippen LogP contribution in [0, 0.1) is 5.92 Å². The Balaban J connectivity index is 2.29. The van der Waals surface area contributed by atoms with E-state index in [1.807, 2.05) is 7.05 Å². The summed E-state index contributed by atoms with van der Waals surface area (Å²) in [4.78, 5) is 0. The Bertz CT molecular complexity index is 106. The topological polar surface area (TPSA) is 36.1 Å². The molecule has 3 nitrogen and oxygen atoms in total. The third-order valence-electron chi connectivity index (χ3n) is 2.55. The first-order valence-corrected chi connectivity index (χ1v) is 4.41. The Hall–Kier alpha value is -0.120. The Morgan fingerprint density at radius 2 is 1.73 bits per heavy atom. The van der Waals surface area contributed by atoms with Crippen molar-refractivity contribution in [3.05, 3.63) is 0 Å². The molecule has 0 spiro atoms. The van der Waals surface area contributed by atoms with Crippen LogP contribution in [-0.4, -0.2) is 25.7 Å². The van der Waals surface area contributed by atoms with E-state index in [1.54, 1.807) is 0 Å². The van der Waals surface area contributed by atoms with Gasteiger partial charge in [0, 0.05) is 12.1 Å². The molecule has 3 heteroatoms. The van der Waals surface area contributed by atoms with Crippen molar-refractivity contribution in [1.29, 1.82) is 0 Å². The summed E-state index contributed by atoms with van der Waals surface area (Å²) in [6, 6.07) is 1.22. The number of rotatable bonds is 3. The van der Waals surface area contributed by atoms with Gasteiger partial charge in [0.15, 0.2) is 0 Å². The zero-order valence-corrected chi connectivity index (χ0v) is 7.65. The van der Waals surface area contributed by atoms with Crippen LogP contribution in [0.25, 0.3) is 0 Å². The van der Waals surface area contributed by atoms with E-state index in [0.717, 1.165) is 12.5 Å². The molecule has 1 saturated heterocycles. The summed E-state index contributed by atoms with van der Waals surface area (Å²) in [5.74, 6) is 0.766. The Morgan fingerprint density at radius 3 is 2.18 bits per heavy atom. The molecule has 1 aliphatic heterocycles. The summed E-state index contributed by atoms with van der Waals surface area (Å²) in [6.07, 6.45) is 1.25. The van der Waals surface area contributed by atoms with E-state index in [0.29, 0.717) is 12.1 Å². The van der Waals surface area contributed by atoms with E-state index in [-0.39, 0.29) is 0 Å². The normalized spacial score (nSPS) is 37.9. The molecule has 0 aliphatic carbocycles. The van der Waals surface area contributed by atoms with Gasteiger partial charge in [0.1, 0.15) is 0 Å². The molecule has 66 valence electrons.